The molecule has 0 aliphatic carbocycles. The summed E-state index contributed by atoms with van der Waals surface area (Å²) in [6.45, 7) is 4.64. The van der Waals surface area contributed by atoms with Crippen molar-refractivity contribution in [2.45, 2.75) is 45.6 Å². The van der Waals surface area contributed by atoms with E-state index in [2.05, 4.69) is 4.98 Å². The van der Waals surface area contributed by atoms with Crippen LogP contribution < -0.4 is 0 Å². The lowest BCUT2D eigenvalue weighted by atomic mass is 10.1. The summed E-state index contributed by atoms with van der Waals surface area (Å²) in [5.41, 5.74) is 1.00. The molecular weight excluding hydrogens is 361 g/mol. The summed E-state index contributed by atoms with van der Waals surface area (Å²) in [5.74, 6) is 0.141. The van der Waals surface area contributed by atoms with Crippen LogP contribution >= 0.6 is 0 Å². The largest absolute Gasteiger partial charge is 0.436 e. The second-order valence-corrected chi connectivity index (χ2v) is 7.30. The summed E-state index contributed by atoms with van der Waals surface area (Å²) < 4.78 is 19.3. The van der Waals surface area contributed by atoms with Crippen LogP contribution in [0.3, 0.4) is 0 Å². The highest BCUT2D eigenvalue weighted by molar-refractivity contribution is 5.92. The third-order valence-corrected chi connectivity index (χ3v) is 5.32. The summed E-state index contributed by atoms with van der Waals surface area (Å²) >= 11 is 0. The molecule has 3 rings (SSSR count). The number of benzene rings is 1. The summed E-state index contributed by atoms with van der Waals surface area (Å²) in [7, 11) is 1.76. The Hall–Kier alpha value is -2.70. The average molecular weight is 387 g/mol. The minimum absolute atomic E-state index is 0.0228. The Morgan fingerprint density at radius 2 is 2.00 bits per heavy atom. The first-order chi connectivity index (χ1) is 13.4. The number of likely N-dealkylation sites (tertiary alicyclic amines) is 1. The number of rotatable bonds is 4. The van der Waals surface area contributed by atoms with Gasteiger partial charge in [-0.3, -0.25) is 9.59 Å². The van der Waals surface area contributed by atoms with E-state index < -0.39 is 0 Å². The van der Waals surface area contributed by atoms with E-state index in [9.17, 15) is 14.0 Å². The molecule has 1 fully saturated rings. The molecule has 0 unspecified atom stereocenters. The van der Waals surface area contributed by atoms with Gasteiger partial charge in [0.2, 0.25) is 11.7 Å². The van der Waals surface area contributed by atoms with Gasteiger partial charge in [-0.2, -0.15) is 0 Å². The van der Waals surface area contributed by atoms with E-state index in [4.69, 9.17) is 4.42 Å². The van der Waals surface area contributed by atoms with Crippen LogP contribution in [0, 0.1) is 19.7 Å². The van der Waals surface area contributed by atoms with Crippen LogP contribution in [0.5, 0.6) is 0 Å². The molecule has 0 spiro atoms. The molecule has 0 N–H and O–H groups in total. The smallest absolute Gasteiger partial charge is 0.291 e. The number of nitrogens with zero attached hydrogens (tertiary/aromatic N) is 3. The van der Waals surface area contributed by atoms with Gasteiger partial charge in [-0.05, 0) is 37.8 Å². The normalized spacial score (nSPS) is 17.3. The highest BCUT2D eigenvalue weighted by Gasteiger charge is 2.28. The zero-order valence-electron chi connectivity index (χ0n) is 16.6. The van der Waals surface area contributed by atoms with Crippen LogP contribution in [0.4, 0.5) is 4.39 Å². The fourth-order valence-electron chi connectivity index (χ4n) is 3.68. The molecule has 1 saturated heterocycles. The Bertz CT molecular complexity index is 864. The maximum Gasteiger partial charge on any atom is 0.291 e. The fourth-order valence-corrected chi connectivity index (χ4v) is 3.68. The molecule has 1 aliphatic heterocycles. The molecule has 7 heteroatoms. The van der Waals surface area contributed by atoms with Crippen molar-refractivity contribution >= 4 is 11.8 Å². The Kier molecular flexibility index (Phi) is 6.11. The van der Waals surface area contributed by atoms with Gasteiger partial charge in [0.15, 0.2) is 5.89 Å². The first-order valence-corrected chi connectivity index (χ1v) is 9.59. The van der Waals surface area contributed by atoms with Crippen molar-refractivity contribution in [2.75, 3.05) is 20.1 Å². The van der Waals surface area contributed by atoms with Crippen molar-refractivity contribution in [1.82, 2.24) is 14.8 Å². The van der Waals surface area contributed by atoms with Crippen LogP contribution in [-0.4, -0.2) is 52.8 Å². The Labute approximate surface area is 164 Å². The first-order valence-electron chi connectivity index (χ1n) is 9.59. The van der Waals surface area contributed by atoms with Gasteiger partial charge in [0.1, 0.15) is 5.82 Å². The van der Waals surface area contributed by atoms with Gasteiger partial charge in [-0.25, -0.2) is 9.37 Å². The summed E-state index contributed by atoms with van der Waals surface area (Å²) in [4.78, 5) is 33.0. The molecule has 0 saturated carbocycles. The molecule has 2 aromatic rings. The quantitative estimate of drug-likeness (QED) is 0.808. The second kappa shape index (κ2) is 8.54. The highest BCUT2D eigenvalue weighted by atomic mass is 19.1. The first kappa shape index (κ1) is 20.0. The van der Waals surface area contributed by atoms with Crippen molar-refractivity contribution in [3.05, 3.63) is 53.0 Å². The summed E-state index contributed by atoms with van der Waals surface area (Å²) in [5, 5.41) is 0. The number of carbonyl (C=O) groups is 2. The van der Waals surface area contributed by atoms with Crippen LogP contribution in [0.2, 0.25) is 0 Å². The molecule has 2 heterocycles. The molecule has 0 radical (unpaired) electrons. The number of carbonyl (C=O) groups excluding carboxylic acids is 2. The average Bonchev–Trinajstić information content (AvgIpc) is 2.86. The van der Waals surface area contributed by atoms with Crippen molar-refractivity contribution in [3.8, 4) is 0 Å². The molecule has 28 heavy (non-hydrogen) atoms. The van der Waals surface area contributed by atoms with Crippen LogP contribution in [-0.2, 0) is 11.2 Å². The monoisotopic (exact) mass is 387 g/mol. The Morgan fingerprint density at radius 1 is 1.25 bits per heavy atom. The molecule has 150 valence electrons. The fraction of sp³-hybridized carbons (Fsp3) is 0.476. The maximum absolute atomic E-state index is 13.8. The minimum atomic E-state index is -0.361. The maximum atomic E-state index is 13.8. The number of aryl methyl sites for hydroxylation is 2. The molecule has 1 aromatic carbocycles. The van der Waals surface area contributed by atoms with E-state index in [-0.39, 0.29) is 30.1 Å². The third-order valence-electron chi connectivity index (χ3n) is 5.32. The molecule has 1 aromatic heterocycles. The number of halogens is 1. The van der Waals surface area contributed by atoms with Crippen LogP contribution in [0.25, 0.3) is 0 Å². The number of likely N-dealkylation sites (N-methyl/N-ethyl adjacent to an activating group) is 1. The number of oxazole rings is 1. The number of hydrogen-bond acceptors (Lipinski definition) is 4. The lowest BCUT2D eigenvalue weighted by Crippen LogP contribution is -2.39. The zero-order valence-corrected chi connectivity index (χ0v) is 16.6. The lowest BCUT2D eigenvalue weighted by Gasteiger charge is -2.27. The molecule has 1 aliphatic rings. The van der Waals surface area contributed by atoms with Crippen molar-refractivity contribution in [3.63, 3.8) is 0 Å². The van der Waals surface area contributed by atoms with Gasteiger partial charge < -0.3 is 14.2 Å². The molecule has 0 bridgehead atoms. The second-order valence-electron chi connectivity index (χ2n) is 7.30. The van der Waals surface area contributed by atoms with E-state index >= 15 is 0 Å². The van der Waals surface area contributed by atoms with Crippen molar-refractivity contribution < 1.29 is 18.4 Å². The van der Waals surface area contributed by atoms with E-state index in [1.54, 1.807) is 48.9 Å². The standard InChI is InChI=1S/C21H26FN3O3/c1-14-20(28-15(2)23-14)21(27)25-11-6-8-17(10-12-25)24(3)19(26)13-16-7-4-5-9-18(16)22/h4-5,7,9,17H,6,8,10-13H2,1-3H3/t17-/m1/s1. The molecule has 2 amide bonds. The number of aromatic nitrogens is 1. The van der Waals surface area contributed by atoms with E-state index in [1.165, 1.54) is 6.07 Å². The van der Waals surface area contributed by atoms with Crippen LogP contribution in [0.1, 0.15) is 47.0 Å². The topological polar surface area (TPSA) is 66.7 Å². The van der Waals surface area contributed by atoms with Gasteiger partial charge in [0.25, 0.3) is 5.91 Å². The van der Waals surface area contributed by atoms with Gasteiger partial charge >= 0.3 is 0 Å². The van der Waals surface area contributed by atoms with Crippen molar-refractivity contribution in [2.24, 2.45) is 0 Å². The highest BCUT2D eigenvalue weighted by Crippen LogP contribution is 2.20. The van der Waals surface area contributed by atoms with Gasteiger partial charge in [0.05, 0.1) is 12.1 Å². The molecule has 1 atom stereocenters. The lowest BCUT2D eigenvalue weighted by molar-refractivity contribution is -0.131. The predicted molar refractivity (Wildman–Crippen MR) is 102 cm³/mol. The van der Waals surface area contributed by atoms with E-state index in [1.807, 2.05) is 0 Å². The van der Waals surface area contributed by atoms with E-state index in [0.29, 0.717) is 42.4 Å². The SMILES string of the molecule is Cc1nc(C)c(C(=O)N2CCC[C@@H](N(C)C(=O)Cc3ccccc3F)CC2)o1. The summed E-state index contributed by atoms with van der Waals surface area (Å²) in [6, 6.07) is 6.37. The third kappa shape index (κ3) is 4.40. The molecule has 6 nitrogen and oxygen atoms in total. The van der Waals surface area contributed by atoms with E-state index in [0.717, 1.165) is 12.8 Å². The predicted octanol–water partition coefficient (Wildman–Crippen LogP) is 3.13. The molecular formula is C21H26FN3O3. The number of hydrogen-bond donors (Lipinski definition) is 0. The van der Waals surface area contributed by atoms with Gasteiger partial charge in [-0.15, -0.1) is 0 Å². The Morgan fingerprint density at radius 3 is 2.68 bits per heavy atom. The summed E-state index contributed by atoms with van der Waals surface area (Å²) in [6.07, 6.45) is 2.31. The minimum Gasteiger partial charge on any atom is -0.436 e. The zero-order chi connectivity index (χ0) is 20.3. The van der Waals surface area contributed by atoms with Gasteiger partial charge in [-0.1, -0.05) is 18.2 Å². The van der Waals surface area contributed by atoms with Crippen LogP contribution in [0.15, 0.2) is 28.7 Å². The Balaban J connectivity index is 1.61. The van der Waals surface area contributed by atoms with Gasteiger partial charge in [0, 0.05) is 33.1 Å². The van der Waals surface area contributed by atoms with Crippen molar-refractivity contribution in [1.29, 1.82) is 0 Å². The number of amides is 2.